The molecular weight excluding hydrogens is 1110 g/mol. The molecule has 3 N–H and O–H groups in total. The lowest BCUT2D eigenvalue weighted by Crippen LogP contribution is -2.30. The van der Waals surface area contributed by atoms with E-state index in [9.17, 15) is 43.2 Å². The summed E-state index contributed by atoms with van der Waals surface area (Å²) in [6.07, 6.45) is 35.0. The zero-order chi connectivity index (χ0) is 62.5. The highest BCUT2D eigenvalue weighted by molar-refractivity contribution is 7.47. The maximum absolute atomic E-state index is 13.0. The molecule has 0 aromatic heterocycles. The first-order valence-electron chi connectivity index (χ1n) is 33.7. The Hall–Kier alpha value is -1.94. The smallest absolute Gasteiger partial charge is 0.462 e. The van der Waals surface area contributed by atoms with E-state index in [0.29, 0.717) is 31.6 Å². The summed E-state index contributed by atoms with van der Waals surface area (Å²) in [6.45, 7) is 13.9. The molecule has 0 aliphatic rings. The van der Waals surface area contributed by atoms with Crippen LogP contribution in [0.5, 0.6) is 0 Å². The molecular formula is C65H126O17P2. The van der Waals surface area contributed by atoms with Gasteiger partial charge in [0.05, 0.1) is 26.4 Å². The molecule has 17 nitrogen and oxygen atoms in total. The van der Waals surface area contributed by atoms with Crippen LogP contribution in [0.25, 0.3) is 0 Å². The molecule has 0 aliphatic carbocycles. The fourth-order valence-electron chi connectivity index (χ4n) is 9.57. The van der Waals surface area contributed by atoms with E-state index in [4.69, 9.17) is 37.0 Å². The molecule has 0 radical (unpaired) electrons. The minimum Gasteiger partial charge on any atom is -0.462 e. The average molecular weight is 1240 g/mol. The van der Waals surface area contributed by atoms with E-state index >= 15 is 0 Å². The third kappa shape index (κ3) is 57.8. The third-order valence-corrected chi connectivity index (χ3v) is 17.1. The standard InChI is InChI=1S/C65H126O17P2/c1-9-58(8)44-36-28-22-24-30-38-46-63(68)76-52-61(82-65(70)48-40-32-23-21-27-35-43-57(6)7)54-80-84(73,74)78-50-59(66)49-77-83(71,72)79-53-60(51-75-62(67)45-37-29-19-16-15-18-26-34-42-56(4)5)81-64(69)47-39-31-20-14-12-10-11-13-17-25-33-41-55(2)3/h55-61,66H,9-54H2,1-8H3,(H,71,72)(H,73,74)/t58?,59-,60-,61-/m1/s1. The average Bonchev–Trinajstić information content (AvgIpc) is 3.55. The Labute approximate surface area is 511 Å². The van der Waals surface area contributed by atoms with Gasteiger partial charge < -0.3 is 33.8 Å². The molecule has 0 aromatic rings. The molecule has 0 spiro atoms. The van der Waals surface area contributed by atoms with E-state index in [1.165, 1.54) is 109 Å². The highest BCUT2D eigenvalue weighted by atomic mass is 31.2. The van der Waals surface area contributed by atoms with E-state index in [1.54, 1.807) is 0 Å². The second-order valence-corrected chi connectivity index (χ2v) is 28.1. The van der Waals surface area contributed by atoms with Gasteiger partial charge in [0.1, 0.15) is 19.3 Å². The summed E-state index contributed by atoms with van der Waals surface area (Å²) in [5, 5.41) is 10.5. The molecule has 0 saturated heterocycles. The zero-order valence-electron chi connectivity index (χ0n) is 54.5. The minimum atomic E-state index is -4.95. The van der Waals surface area contributed by atoms with E-state index < -0.39 is 97.5 Å². The Bertz CT molecular complexity index is 1680. The quantitative estimate of drug-likeness (QED) is 0.0222. The maximum Gasteiger partial charge on any atom is 0.472 e. The predicted molar refractivity (Wildman–Crippen MR) is 335 cm³/mol. The molecule has 3 unspecified atom stereocenters. The van der Waals surface area contributed by atoms with Crippen molar-refractivity contribution in [2.45, 2.75) is 331 Å². The zero-order valence-corrected chi connectivity index (χ0v) is 56.3. The second kappa shape index (κ2) is 55.2. The van der Waals surface area contributed by atoms with Crippen molar-refractivity contribution in [2.75, 3.05) is 39.6 Å². The summed E-state index contributed by atoms with van der Waals surface area (Å²) in [7, 11) is -9.89. The van der Waals surface area contributed by atoms with Crippen molar-refractivity contribution in [1.82, 2.24) is 0 Å². The van der Waals surface area contributed by atoms with Crippen LogP contribution in [0.15, 0.2) is 0 Å². The molecule has 498 valence electrons. The SMILES string of the molecule is CCC(C)CCCCCCCCC(=O)OC[C@H](COP(=O)(O)OC[C@H](O)COP(=O)(O)OC[C@@H](COC(=O)CCCCCCCCCCC(C)C)OC(=O)CCCCCCCCCCCCCC(C)C)OC(=O)CCCCCCCCC(C)C. The molecule has 19 heteroatoms. The van der Waals surface area contributed by atoms with Crippen LogP contribution in [0.2, 0.25) is 0 Å². The van der Waals surface area contributed by atoms with Crippen molar-refractivity contribution in [1.29, 1.82) is 0 Å². The number of esters is 4. The van der Waals surface area contributed by atoms with E-state index in [2.05, 4.69) is 55.4 Å². The summed E-state index contributed by atoms with van der Waals surface area (Å²) in [4.78, 5) is 72.2. The van der Waals surface area contributed by atoms with Crippen molar-refractivity contribution < 1.29 is 80.2 Å². The fraction of sp³-hybridized carbons (Fsp3) is 0.938. The van der Waals surface area contributed by atoms with Gasteiger partial charge in [-0.15, -0.1) is 0 Å². The maximum atomic E-state index is 13.0. The number of unbranched alkanes of at least 4 members (excludes halogenated alkanes) is 27. The molecule has 84 heavy (non-hydrogen) atoms. The number of aliphatic hydroxyl groups excluding tert-OH is 1. The van der Waals surface area contributed by atoms with Crippen molar-refractivity contribution in [2.24, 2.45) is 23.7 Å². The van der Waals surface area contributed by atoms with E-state index in [1.807, 2.05) is 0 Å². The van der Waals surface area contributed by atoms with Crippen molar-refractivity contribution in [3.8, 4) is 0 Å². The van der Waals surface area contributed by atoms with Crippen molar-refractivity contribution >= 4 is 39.5 Å². The highest BCUT2D eigenvalue weighted by Crippen LogP contribution is 2.45. The Kier molecular flexibility index (Phi) is 53.9. The van der Waals surface area contributed by atoms with Gasteiger partial charge in [-0.2, -0.15) is 0 Å². The molecule has 0 aliphatic heterocycles. The number of hydrogen-bond acceptors (Lipinski definition) is 15. The van der Waals surface area contributed by atoms with Crippen LogP contribution in [0.4, 0.5) is 0 Å². The number of hydrogen-bond donors (Lipinski definition) is 3. The number of carbonyl (C=O) groups excluding carboxylic acids is 4. The topological polar surface area (TPSA) is 237 Å². The fourth-order valence-corrected chi connectivity index (χ4v) is 11.2. The Balaban J connectivity index is 5.25. The lowest BCUT2D eigenvalue weighted by molar-refractivity contribution is -0.161. The summed E-state index contributed by atoms with van der Waals surface area (Å²) < 4.78 is 68.0. The molecule has 0 fully saturated rings. The molecule has 0 aromatic carbocycles. The monoisotopic (exact) mass is 1240 g/mol. The Morgan fingerprint density at radius 1 is 0.333 bits per heavy atom. The van der Waals surface area contributed by atoms with Gasteiger partial charge in [-0.05, 0) is 49.4 Å². The molecule has 6 atom stereocenters. The molecule has 0 saturated carbocycles. The summed E-state index contributed by atoms with van der Waals surface area (Å²) in [6, 6.07) is 0. The number of aliphatic hydroxyl groups is 1. The van der Waals surface area contributed by atoms with Gasteiger partial charge >= 0.3 is 39.5 Å². The van der Waals surface area contributed by atoms with Crippen molar-refractivity contribution in [3.05, 3.63) is 0 Å². The lowest BCUT2D eigenvalue weighted by atomic mass is 10.00. The van der Waals surface area contributed by atoms with Crippen LogP contribution in [0.1, 0.15) is 312 Å². The van der Waals surface area contributed by atoms with Gasteiger partial charge in [0, 0.05) is 25.7 Å². The molecule has 0 amide bonds. The first kappa shape index (κ1) is 82.1. The predicted octanol–water partition coefficient (Wildman–Crippen LogP) is 17.8. The van der Waals surface area contributed by atoms with E-state index in [-0.39, 0.29) is 25.7 Å². The van der Waals surface area contributed by atoms with Crippen LogP contribution >= 0.6 is 15.6 Å². The number of rotatable bonds is 62. The normalized spacial score (nSPS) is 14.7. The Morgan fingerprint density at radius 2 is 0.571 bits per heavy atom. The first-order chi connectivity index (χ1) is 40.1. The molecule has 0 heterocycles. The van der Waals surface area contributed by atoms with Gasteiger partial charge in [-0.3, -0.25) is 37.3 Å². The van der Waals surface area contributed by atoms with Gasteiger partial charge in [-0.25, -0.2) is 9.13 Å². The van der Waals surface area contributed by atoms with Crippen LogP contribution in [-0.4, -0.2) is 96.7 Å². The lowest BCUT2D eigenvalue weighted by Gasteiger charge is -2.21. The highest BCUT2D eigenvalue weighted by Gasteiger charge is 2.30. The van der Waals surface area contributed by atoms with Gasteiger partial charge in [0.15, 0.2) is 12.2 Å². The molecule has 0 rings (SSSR count). The summed E-state index contributed by atoms with van der Waals surface area (Å²) >= 11 is 0. The Morgan fingerprint density at radius 3 is 0.845 bits per heavy atom. The second-order valence-electron chi connectivity index (χ2n) is 25.2. The van der Waals surface area contributed by atoms with Crippen LogP contribution in [-0.2, 0) is 65.4 Å². The van der Waals surface area contributed by atoms with Crippen LogP contribution in [0.3, 0.4) is 0 Å². The van der Waals surface area contributed by atoms with Crippen molar-refractivity contribution in [3.63, 3.8) is 0 Å². The van der Waals surface area contributed by atoms with Gasteiger partial charge in [-0.1, -0.05) is 261 Å². The van der Waals surface area contributed by atoms with E-state index in [0.717, 1.165) is 114 Å². The first-order valence-corrected chi connectivity index (χ1v) is 36.7. The minimum absolute atomic E-state index is 0.101. The summed E-state index contributed by atoms with van der Waals surface area (Å²) in [5.74, 6) is 0.750. The van der Waals surface area contributed by atoms with Crippen LogP contribution in [0, 0.1) is 23.7 Å². The number of phosphoric acid groups is 2. The van der Waals surface area contributed by atoms with Crippen LogP contribution < -0.4 is 0 Å². The number of ether oxygens (including phenoxy) is 4. The van der Waals surface area contributed by atoms with Gasteiger partial charge in [0.2, 0.25) is 0 Å². The largest absolute Gasteiger partial charge is 0.472 e. The number of carbonyl (C=O) groups is 4. The number of phosphoric ester groups is 2. The molecule has 0 bridgehead atoms. The third-order valence-electron chi connectivity index (χ3n) is 15.2. The van der Waals surface area contributed by atoms with Gasteiger partial charge in [0.25, 0.3) is 0 Å². The summed E-state index contributed by atoms with van der Waals surface area (Å²) in [5.41, 5.74) is 0.